The topological polar surface area (TPSA) is 84.0 Å². The lowest BCUT2D eigenvalue weighted by molar-refractivity contribution is -0.148. The first kappa shape index (κ1) is 16.9. The molecule has 1 aliphatic rings. The van der Waals surface area contributed by atoms with Gasteiger partial charge >= 0.3 is 5.97 Å². The van der Waals surface area contributed by atoms with E-state index >= 15 is 0 Å². The minimum atomic E-state index is -3.43. The highest BCUT2D eigenvalue weighted by Gasteiger charge is 2.36. The summed E-state index contributed by atoms with van der Waals surface area (Å²) in [7, 11) is -2.17. The summed E-state index contributed by atoms with van der Waals surface area (Å²) in [5.41, 5.74) is 0. The zero-order valence-corrected chi connectivity index (χ0v) is 13.0. The Morgan fingerprint density at radius 2 is 2.00 bits per heavy atom. The van der Waals surface area contributed by atoms with Gasteiger partial charge in [-0.25, -0.2) is 8.42 Å². The molecule has 0 aromatic heterocycles. The average Bonchev–Trinajstić information content (AvgIpc) is 2.42. The summed E-state index contributed by atoms with van der Waals surface area (Å²) in [5, 5.41) is 0. The average molecular weight is 306 g/mol. The zero-order chi connectivity index (χ0) is 15.3. The second kappa shape index (κ2) is 7.03. The van der Waals surface area contributed by atoms with Gasteiger partial charge in [-0.15, -0.1) is 0 Å². The van der Waals surface area contributed by atoms with Crippen LogP contribution < -0.4 is 0 Å². The number of amides is 1. The fourth-order valence-electron chi connectivity index (χ4n) is 2.33. The van der Waals surface area contributed by atoms with Crippen molar-refractivity contribution >= 4 is 21.9 Å². The van der Waals surface area contributed by atoms with Crippen molar-refractivity contribution < 1.29 is 22.7 Å². The number of rotatable bonds is 5. The first-order valence-corrected chi connectivity index (χ1v) is 8.48. The van der Waals surface area contributed by atoms with E-state index in [-0.39, 0.29) is 12.5 Å². The van der Waals surface area contributed by atoms with Crippen LogP contribution in [0.3, 0.4) is 0 Å². The van der Waals surface area contributed by atoms with E-state index in [9.17, 15) is 18.0 Å². The van der Waals surface area contributed by atoms with Crippen LogP contribution in [0.1, 0.15) is 26.2 Å². The van der Waals surface area contributed by atoms with Crippen molar-refractivity contribution in [2.24, 2.45) is 0 Å². The molecule has 0 aromatic rings. The van der Waals surface area contributed by atoms with Crippen molar-refractivity contribution in [3.05, 3.63) is 0 Å². The quantitative estimate of drug-likeness (QED) is 0.658. The fourth-order valence-corrected chi connectivity index (χ4v) is 3.44. The van der Waals surface area contributed by atoms with E-state index in [1.165, 1.54) is 16.3 Å². The Labute approximate surface area is 119 Å². The van der Waals surface area contributed by atoms with E-state index in [1.807, 2.05) is 0 Å². The highest BCUT2D eigenvalue weighted by atomic mass is 32.2. The largest absolute Gasteiger partial charge is 0.468 e. The number of carbonyl (C=O) groups is 2. The molecule has 20 heavy (non-hydrogen) atoms. The van der Waals surface area contributed by atoms with E-state index in [0.29, 0.717) is 19.5 Å². The summed E-state index contributed by atoms with van der Waals surface area (Å²) in [5.74, 6) is -0.843. The molecule has 1 aliphatic heterocycles. The Balaban J connectivity index is 2.88. The van der Waals surface area contributed by atoms with Crippen LogP contribution >= 0.6 is 0 Å². The lowest BCUT2D eigenvalue weighted by atomic mass is 10.0. The summed E-state index contributed by atoms with van der Waals surface area (Å²) in [6.45, 7) is 2.28. The minimum Gasteiger partial charge on any atom is -0.468 e. The van der Waals surface area contributed by atoms with Gasteiger partial charge in [0, 0.05) is 13.1 Å². The van der Waals surface area contributed by atoms with Gasteiger partial charge in [0.2, 0.25) is 15.9 Å². The lowest BCUT2D eigenvalue weighted by Crippen LogP contribution is -2.53. The number of ether oxygens (including phenoxy) is 1. The van der Waals surface area contributed by atoms with Crippen molar-refractivity contribution in [1.82, 2.24) is 9.21 Å². The van der Waals surface area contributed by atoms with Crippen molar-refractivity contribution in [2.45, 2.75) is 32.2 Å². The first-order valence-electron chi connectivity index (χ1n) is 6.63. The molecule has 0 bridgehead atoms. The summed E-state index contributed by atoms with van der Waals surface area (Å²) in [4.78, 5) is 25.1. The van der Waals surface area contributed by atoms with Crippen LogP contribution in [-0.2, 0) is 24.3 Å². The molecule has 1 amide bonds. The van der Waals surface area contributed by atoms with Crippen LogP contribution in [0.15, 0.2) is 0 Å². The highest BCUT2D eigenvalue weighted by molar-refractivity contribution is 7.88. The standard InChI is InChI=1S/C12H22N2O5S/c1-4-13(9-11(15)19-2)12(16)10-7-5-6-8-14(10)20(3,17)18/h10H,4-9H2,1-3H3. The Morgan fingerprint density at radius 3 is 2.50 bits per heavy atom. The summed E-state index contributed by atoms with van der Waals surface area (Å²) < 4.78 is 29.3. The van der Waals surface area contributed by atoms with Gasteiger partial charge < -0.3 is 9.64 Å². The van der Waals surface area contributed by atoms with E-state index in [2.05, 4.69) is 4.74 Å². The van der Waals surface area contributed by atoms with E-state index in [1.54, 1.807) is 6.92 Å². The predicted molar refractivity (Wildman–Crippen MR) is 73.5 cm³/mol. The highest BCUT2D eigenvalue weighted by Crippen LogP contribution is 2.21. The molecule has 1 heterocycles. The van der Waals surface area contributed by atoms with Gasteiger partial charge in [-0.3, -0.25) is 9.59 Å². The summed E-state index contributed by atoms with van der Waals surface area (Å²) in [6, 6.07) is -0.705. The smallest absolute Gasteiger partial charge is 0.325 e. The van der Waals surface area contributed by atoms with Gasteiger partial charge in [-0.1, -0.05) is 6.42 Å². The third-order valence-electron chi connectivity index (χ3n) is 3.41. The van der Waals surface area contributed by atoms with Gasteiger partial charge in [-0.2, -0.15) is 4.31 Å². The van der Waals surface area contributed by atoms with E-state index in [0.717, 1.165) is 19.1 Å². The number of esters is 1. The maximum Gasteiger partial charge on any atom is 0.325 e. The van der Waals surface area contributed by atoms with Crippen LogP contribution in [0, 0.1) is 0 Å². The molecule has 1 unspecified atom stereocenters. The van der Waals surface area contributed by atoms with E-state index in [4.69, 9.17) is 0 Å². The summed E-state index contributed by atoms with van der Waals surface area (Å²) in [6.07, 6.45) is 3.15. The number of hydrogen-bond acceptors (Lipinski definition) is 5. The van der Waals surface area contributed by atoms with Gasteiger partial charge in [-0.05, 0) is 19.8 Å². The van der Waals surface area contributed by atoms with Gasteiger partial charge in [0.1, 0.15) is 12.6 Å². The number of piperidine rings is 1. The molecular formula is C12H22N2O5S. The normalized spacial score (nSPS) is 20.4. The lowest BCUT2D eigenvalue weighted by Gasteiger charge is -2.35. The van der Waals surface area contributed by atoms with Crippen LogP contribution in [0.2, 0.25) is 0 Å². The molecule has 0 aromatic carbocycles. The fraction of sp³-hybridized carbons (Fsp3) is 0.833. The molecule has 1 saturated heterocycles. The van der Waals surface area contributed by atoms with Gasteiger partial charge in [0.25, 0.3) is 0 Å². The van der Waals surface area contributed by atoms with Gasteiger partial charge in [0.15, 0.2) is 0 Å². The Kier molecular flexibility index (Phi) is 5.94. The third-order valence-corrected chi connectivity index (χ3v) is 4.69. The number of nitrogens with zero attached hydrogens (tertiary/aromatic N) is 2. The van der Waals surface area contributed by atoms with Crippen molar-refractivity contribution in [2.75, 3.05) is 33.0 Å². The molecule has 0 saturated carbocycles. The maximum absolute atomic E-state index is 12.4. The number of likely N-dealkylation sites (N-methyl/N-ethyl adjacent to an activating group) is 1. The molecule has 8 heteroatoms. The zero-order valence-electron chi connectivity index (χ0n) is 12.2. The summed E-state index contributed by atoms with van der Waals surface area (Å²) >= 11 is 0. The Bertz CT molecular complexity index is 462. The molecule has 116 valence electrons. The molecule has 0 radical (unpaired) electrons. The molecule has 1 rings (SSSR count). The number of hydrogen-bond donors (Lipinski definition) is 0. The monoisotopic (exact) mass is 306 g/mol. The SMILES string of the molecule is CCN(CC(=O)OC)C(=O)C1CCCCN1S(C)(=O)=O. The molecule has 0 spiro atoms. The van der Waals surface area contributed by atoms with E-state index < -0.39 is 22.0 Å². The molecule has 1 fully saturated rings. The van der Waals surface area contributed by atoms with Crippen LogP contribution in [0.4, 0.5) is 0 Å². The van der Waals surface area contributed by atoms with Crippen molar-refractivity contribution in [1.29, 1.82) is 0 Å². The number of sulfonamides is 1. The molecule has 7 nitrogen and oxygen atoms in total. The molecule has 0 aliphatic carbocycles. The molecular weight excluding hydrogens is 284 g/mol. The number of methoxy groups -OCH3 is 1. The Morgan fingerprint density at radius 1 is 1.35 bits per heavy atom. The Hall–Kier alpha value is -1.15. The third kappa shape index (κ3) is 4.17. The molecule has 0 N–H and O–H groups in total. The minimum absolute atomic E-state index is 0.153. The van der Waals surface area contributed by atoms with Crippen molar-refractivity contribution in [3.8, 4) is 0 Å². The van der Waals surface area contributed by atoms with Crippen LogP contribution in [0.5, 0.6) is 0 Å². The van der Waals surface area contributed by atoms with Crippen LogP contribution in [-0.4, -0.2) is 68.5 Å². The second-order valence-corrected chi connectivity index (χ2v) is 6.75. The van der Waals surface area contributed by atoms with Crippen molar-refractivity contribution in [3.63, 3.8) is 0 Å². The van der Waals surface area contributed by atoms with Crippen LogP contribution in [0.25, 0.3) is 0 Å². The maximum atomic E-state index is 12.4. The molecule has 1 atom stereocenters. The van der Waals surface area contributed by atoms with Gasteiger partial charge in [0.05, 0.1) is 13.4 Å². The predicted octanol–water partition coefficient (Wildman–Crippen LogP) is -0.178. The second-order valence-electron chi connectivity index (χ2n) is 4.81. The first-order chi connectivity index (χ1) is 9.31. The number of carbonyl (C=O) groups excluding carboxylic acids is 2.